The Balaban J connectivity index is 2.20. The van der Waals surface area contributed by atoms with Crippen molar-refractivity contribution in [3.8, 4) is 0 Å². The molecule has 0 amide bonds. The van der Waals surface area contributed by atoms with Crippen molar-refractivity contribution < 1.29 is 19.4 Å². The molecule has 0 fully saturated rings. The second-order valence-electron chi connectivity index (χ2n) is 5.11. The number of aliphatic hydroxyl groups excluding tert-OH is 1. The first-order chi connectivity index (χ1) is 8.89. The Bertz CT molecular complexity index is 490. The Morgan fingerprint density at radius 2 is 1.79 bits per heavy atom. The van der Waals surface area contributed by atoms with Crippen molar-refractivity contribution in [3.63, 3.8) is 0 Å². The van der Waals surface area contributed by atoms with Gasteiger partial charge in [0.25, 0.3) is 0 Å². The van der Waals surface area contributed by atoms with Gasteiger partial charge in [-0.2, -0.15) is 0 Å². The molecule has 0 unspecified atom stereocenters. The number of benzene rings is 1. The molecule has 1 heterocycles. The molecule has 0 bridgehead atoms. The summed E-state index contributed by atoms with van der Waals surface area (Å²) < 4.78 is 10.6. The Kier molecular flexibility index (Phi) is 3.62. The van der Waals surface area contributed by atoms with E-state index >= 15 is 0 Å². The molecule has 19 heavy (non-hydrogen) atoms. The van der Waals surface area contributed by atoms with Gasteiger partial charge in [-0.1, -0.05) is 37.3 Å². The van der Waals surface area contributed by atoms with Crippen LogP contribution in [0.2, 0.25) is 0 Å². The van der Waals surface area contributed by atoms with Crippen molar-refractivity contribution in [1.29, 1.82) is 0 Å². The van der Waals surface area contributed by atoms with Gasteiger partial charge >= 0.3 is 5.97 Å². The van der Waals surface area contributed by atoms with E-state index in [1.807, 2.05) is 37.3 Å². The fourth-order valence-electron chi connectivity index (χ4n) is 2.04. The second-order valence-corrected chi connectivity index (χ2v) is 5.11. The number of esters is 1. The highest BCUT2D eigenvalue weighted by Gasteiger charge is 2.34. The van der Waals surface area contributed by atoms with E-state index in [1.165, 1.54) is 6.08 Å². The molecule has 1 aromatic rings. The average Bonchev–Trinajstić information content (AvgIpc) is 2.35. The maximum Gasteiger partial charge on any atom is 0.337 e. The number of aliphatic hydroxyl groups is 1. The molecule has 0 saturated heterocycles. The van der Waals surface area contributed by atoms with E-state index < -0.39 is 17.9 Å². The van der Waals surface area contributed by atoms with Gasteiger partial charge < -0.3 is 14.6 Å². The number of rotatable bonds is 3. The summed E-state index contributed by atoms with van der Waals surface area (Å²) in [6.07, 6.45) is 0.566. The largest absolute Gasteiger partial charge is 0.456 e. The first-order valence-corrected chi connectivity index (χ1v) is 6.25. The van der Waals surface area contributed by atoms with E-state index in [-0.39, 0.29) is 5.92 Å². The van der Waals surface area contributed by atoms with Crippen LogP contribution in [0.3, 0.4) is 0 Å². The van der Waals surface area contributed by atoms with Crippen molar-refractivity contribution in [2.24, 2.45) is 5.92 Å². The van der Waals surface area contributed by atoms with Gasteiger partial charge in [0, 0.05) is 19.8 Å². The fraction of sp³-hybridized carbons (Fsp3) is 0.400. The Hall–Kier alpha value is -1.81. The summed E-state index contributed by atoms with van der Waals surface area (Å²) in [5.74, 6) is -1.32. The smallest absolute Gasteiger partial charge is 0.337 e. The normalized spacial score (nSPS) is 20.8. The zero-order valence-electron chi connectivity index (χ0n) is 11.3. The average molecular weight is 262 g/mol. The molecule has 4 heteroatoms. The van der Waals surface area contributed by atoms with E-state index in [1.54, 1.807) is 13.8 Å². The minimum absolute atomic E-state index is 0.325. The number of cyclic esters (lactones) is 1. The van der Waals surface area contributed by atoms with Crippen LogP contribution in [0.1, 0.15) is 32.4 Å². The second kappa shape index (κ2) is 5.05. The molecule has 1 aliphatic heterocycles. The summed E-state index contributed by atoms with van der Waals surface area (Å²) in [6, 6.07) is 9.29. The Labute approximate surface area is 112 Å². The van der Waals surface area contributed by atoms with Crippen LogP contribution < -0.4 is 0 Å². The van der Waals surface area contributed by atoms with Crippen LogP contribution in [0.25, 0.3) is 0 Å². The third kappa shape index (κ3) is 3.15. The lowest BCUT2D eigenvalue weighted by molar-refractivity contribution is -0.209. The van der Waals surface area contributed by atoms with Crippen LogP contribution in [0.4, 0.5) is 0 Å². The monoisotopic (exact) mass is 262 g/mol. The van der Waals surface area contributed by atoms with E-state index in [2.05, 4.69) is 0 Å². The van der Waals surface area contributed by atoms with Crippen LogP contribution in [-0.2, 0) is 14.3 Å². The van der Waals surface area contributed by atoms with Gasteiger partial charge in [-0.15, -0.1) is 0 Å². The minimum atomic E-state index is -0.994. The zero-order chi connectivity index (χ0) is 14.0. The molecule has 1 aliphatic rings. The van der Waals surface area contributed by atoms with Crippen LogP contribution in [0.15, 0.2) is 42.2 Å². The topological polar surface area (TPSA) is 55.8 Å². The third-order valence-corrected chi connectivity index (χ3v) is 3.03. The molecule has 4 nitrogen and oxygen atoms in total. The van der Waals surface area contributed by atoms with Crippen LogP contribution in [-0.4, -0.2) is 16.9 Å². The number of hydrogen-bond donors (Lipinski definition) is 1. The van der Waals surface area contributed by atoms with Gasteiger partial charge in [0.05, 0.1) is 12.2 Å². The number of hydrogen-bond acceptors (Lipinski definition) is 4. The van der Waals surface area contributed by atoms with Gasteiger partial charge in [0.15, 0.2) is 0 Å². The summed E-state index contributed by atoms with van der Waals surface area (Å²) in [5.41, 5.74) is 0.788. The highest BCUT2D eigenvalue weighted by atomic mass is 16.7. The molecule has 0 aromatic heterocycles. The van der Waals surface area contributed by atoms with Gasteiger partial charge in [-0.05, 0) is 5.56 Å². The summed E-state index contributed by atoms with van der Waals surface area (Å²) in [4.78, 5) is 11.5. The summed E-state index contributed by atoms with van der Waals surface area (Å²) in [5, 5.41) is 10.3. The van der Waals surface area contributed by atoms with Crippen molar-refractivity contribution in [1.82, 2.24) is 0 Å². The zero-order valence-corrected chi connectivity index (χ0v) is 11.3. The molecule has 1 aromatic carbocycles. The highest BCUT2D eigenvalue weighted by molar-refractivity contribution is 5.83. The Morgan fingerprint density at radius 1 is 1.16 bits per heavy atom. The lowest BCUT2D eigenvalue weighted by Crippen LogP contribution is -2.36. The van der Waals surface area contributed by atoms with Crippen LogP contribution in [0.5, 0.6) is 0 Å². The van der Waals surface area contributed by atoms with Crippen LogP contribution in [0, 0.1) is 5.92 Å². The molecule has 0 aliphatic carbocycles. The molecular weight excluding hydrogens is 244 g/mol. The van der Waals surface area contributed by atoms with Gasteiger partial charge in [-0.25, -0.2) is 4.79 Å². The van der Waals surface area contributed by atoms with Gasteiger partial charge in [0.2, 0.25) is 5.79 Å². The standard InChI is InChI=1S/C15H18O4/c1-10(14(17)11-7-5-4-6-8-11)12-9-13(16)19-15(2,3)18-12/h4-10,14,17H,1-3H3/t10-,14+/m1/s1. The van der Waals surface area contributed by atoms with E-state index in [4.69, 9.17) is 9.47 Å². The minimum Gasteiger partial charge on any atom is -0.456 e. The first kappa shape index (κ1) is 13.6. The molecule has 0 spiro atoms. The molecule has 1 N–H and O–H groups in total. The fourth-order valence-corrected chi connectivity index (χ4v) is 2.04. The molecule has 102 valence electrons. The van der Waals surface area contributed by atoms with Crippen molar-refractivity contribution in [2.75, 3.05) is 0 Å². The molecule has 0 radical (unpaired) electrons. The maximum absolute atomic E-state index is 11.5. The third-order valence-electron chi connectivity index (χ3n) is 3.03. The van der Waals surface area contributed by atoms with Crippen molar-refractivity contribution >= 4 is 5.97 Å². The summed E-state index contributed by atoms with van der Waals surface area (Å²) >= 11 is 0. The maximum atomic E-state index is 11.5. The summed E-state index contributed by atoms with van der Waals surface area (Å²) in [6.45, 7) is 5.15. The van der Waals surface area contributed by atoms with Crippen molar-refractivity contribution in [3.05, 3.63) is 47.7 Å². The predicted molar refractivity (Wildman–Crippen MR) is 69.9 cm³/mol. The summed E-state index contributed by atoms with van der Waals surface area (Å²) in [7, 11) is 0. The molecule has 0 saturated carbocycles. The quantitative estimate of drug-likeness (QED) is 0.850. The van der Waals surface area contributed by atoms with E-state index in [9.17, 15) is 9.90 Å². The van der Waals surface area contributed by atoms with Gasteiger partial charge in [0.1, 0.15) is 5.76 Å². The van der Waals surface area contributed by atoms with Gasteiger partial charge in [-0.3, -0.25) is 0 Å². The Morgan fingerprint density at radius 3 is 2.37 bits per heavy atom. The highest BCUT2D eigenvalue weighted by Crippen LogP contribution is 2.33. The molecule has 2 atom stereocenters. The molecular formula is C15H18O4. The SMILES string of the molecule is C[C@H](C1=CC(=O)OC(C)(C)O1)[C@H](O)c1ccccc1. The lowest BCUT2D eigenvalue weighted by atomic mass is 9.95. The van der Waals surface area contributed by atoms with Crippen molar-refractivity contribution in [2.45, 2.75) is 32.7 Å². The molecule has 2 rings (SSSR count). The lowest BCUT2D eigenvalue weighted by Gasteiger charge is -2.34. The predicted octanol–water partition coefficient (Wildman–Crippen LogP) is 2.55. The number of ether oxygens (including phenoxy) is 2. The number of carbonyl (C=O) groups excluding carboxylic acids is 1. The van der Waals surface area contributed by atoms with E-state index in [0.29, 0.717) is 5.76 Å². The number of carbonyl (C=O) groups is 1. The van der Waals surface area contributed by atoms with Crippen LogP contribution >= 0.6 is 0 Å². The van der Waals surface area contributed by atoms with E-state index in [0.717, 1.165) is 5.56 Å². The first-order valence-electron chi connectivity index (χ1n) is 6.25.